The van der Waals surface area contributed by atoms with Crippen molar-refractivity contribution in [3.8, 4) is 5.75 Å². The molecule has 110 valence electrons. The number of nitro groups is 1. The molecule has 20 heavy (non-hydrogen) atoms. The molecule has 7 nitrogen and oxygen atoms in total. The molecule has 0 atom stereocenters. The molecule has 0 amide bonds. The van der Waals surface area contributed by atoms with Crippen LogP contribution in [0.2, 0.25) is 0 Å². The van der Waals surface area contributed by atoms with E-state index in [1.165, 1.54) is 6.07 Å². The molecular weight excluding hydrogens is 330 g/mol. The zero-order valence-electron chi connectivity index (χ0n) is 11.0. The van der Waals surface area contributed by atoms with Gasteiger partial charge in [0.05, 0.1) is 11.5 Å². The third-order valence-electron chi connectivity index (χ3n) is 2.62. The second-order valence-electron chi connectivity index (χ2n) is 4.22. The molecule has 1 rings (SSSR count). The van der Waals surface area contributed by atoms with E-state index in [2.05, 4.69) is 21.1 Å². The van der Waals surface area contributed by atoms with Crippen LogP contribution in [0.3, 0.4) is 0 Å². The summed E-state index contributed by atoms with van der Waals surface area (Å²) in [4.78, 5) is 10.5. The second kappa shape index (κ2) is 7.68. The van der Waals surface area contributed by atoms with E-state index in [4.69, 9.17) is 15.7 Å². The molecule has 0 aliphatic carbocycles. The lowest BCUT2D eigenvalue weighted by Gasteiger charge is -2.10. The lowest BCUT2D eigenvalue weighted by Crippen LogP contribution is -2.11. The topological polar surface area (TPSA) is 111 Å². The van der Waals surface area contributed by atoms with Crippen molar-refractivity contribution in [1.82, 2.24) is 0 Å². The van der Waals surface area contributed by atoms with E-state index in [1.54, 1.807) is 13.0 Å². The van der Waals surface area contributed by atoms with Crippen LogP contribution in [0, 0.1) is 17.0 Å². The highest BCUT2D eigenvalue weighted by Gasteiger charge is 2.18. The Morgan fingerprint density at radius 1 is 1.55 bits per heavy atom. The Morgan fingerprint density at radius 2 is 2.25 bits per heavy atom. The molecule has 0 fully saturated rings. The molecule has 0 bridgehead atoms. The smallest absolute Gasteiger partial charge is 0.312 e. The predicted octanol–water partition coefficient (Wildman–Crippen LogP) is 2.96. The normalized spacial score (nSPS) is 11.4. The van der Waals surface area contributed by atoms with Crippen LogP contribution in [0.4, 0.5) is 5.69 Å². The summed E-state index contributed by atoms with van der Waals surface area (Å²) in [5, 5.41) is 22.2. The molecule has 1 aromatic rings. The number of aryl methyl sites for hydroxylation is 1. The Labute approximate surface area is 124 Å². The summed E-state index contributed by atoms with van der Waals surface area (Å²) in [5.74, 6) is 0.442. The minimum absolute atomic E-state index is 0.0618. The van der Waals surface area contributed by atoms with Crippen LogP contribution >= 0.6 is 15.9 Å². The van der Waals surface area contributed by atoms with Crippen LogP contribution in [0.15, 0.2) is 21.8 Å². The number of unbranched alkanes of at least 4 members (excludes halogenated alkanes) is 1. The van der Waals surface area contributed by atoms with Gasteiger partial charge in [-0.25, -0.2) is 0 Å². The number of ether oxygens (including phenoxy) is 1. The van der Waals surface area contributed by atoms with Gasteiger partial charge in [0, 0.05) is 17.0 Å². The zero-order valence-corrected chi connectivity index (χ0v) is 12.6. The van der Waals surface area contributed by atoms with E-state index in [1.807, 2.05) is 0 Å². The number of halogens is 1. The van der Waals surface area contributed by atoms with Crippen molar-refractivity contribution >= 4 is 27.5 Å². The fourth-order valence-corrected chi connectivity index (χ4v) is 2.23. The van der Waals surface area contributed by atoms with Crippen molar-refractivity contribution in [2.45, 2.75) is 26.2 Å². The third-order valence-corrected chi connectivity index (χ3v) is 3.08. The molecule has 0 aliphatic rings. The maximum Gasteiger partial charge on any atom is 0.312 e. The summed E-state index contributed by atoms with van der Waals surface area (Å²) >= 11 is 3.22. The summed E-state index contributed by atoms with van der Waals surface area (Å²) in [7, 11) is 0. The van der Waals surface area contributed by atoms with Crippen LogP contribution in [0.1, 0.15) is 24.8 Å². The van der Waals surface area contributed by atoms with Gasteiger partial charge < -0.3 is 15.7 Å². The largest absolute Gasteiger partial charge is 0.487 e. The Kier molecular flexibility index (Phi) is 6.23. The highest BCUT2D eigenvalue weighted by molar-refractivity contribution is 9.10. The Bertz CT molecular complexity index is 520. The first kappa shape index (κ1) is 16.2. The van der Waals surface area contributed by atoms with Crippen molar-refractivity contribution in [1.29, 1.82) is 0 Å². The molecule has 0 aliphatic heterocycles. The van der Waals surface area contributed by atoms with E-state index >= 15 is 0 Å². The summed E-state index contributed by atoms with van der Waals surface area (Å²) in [6, 6.07) is 3.18. The van der Waals surface area contributed by atoms with Crippen LogP contribution in [0.5, 0.6) is 5.75 Å². The van der Waals surface area contributed by atoms with Crippen molar-refractivity contribution in [2.75, 3.05) is 6.61 Å². The summed E-state index contributed by atoms with van der Waals surface area (Å²) in [5.41, 5.74) is 5.97. The number of amidine groups is 1. The van der Waals surface area contributed by atoms with Crippen molar-refractivity contribution in [3.63, 3.8) is 0 Å². The first-order chi connectivity index (χ1) is 9.45. The van der Waals surface area contributed by atoms with Crippen LogP contribution in [0.25, 0.3) is 0 Å². The molecule has 0 saturated carbocycles. The molecule has 1 aromatic carbocycles. The van der Waals surface area contributed by atoms with Gasteiger partial charge in [-0.2, -0.15) is 0 Å². The number of nitrogens with two attached hydrogens (primary N) is 1. The van der Waals surface area contributed by atoms with Gasteiger partial charge in [0.1, 0.15) is 5.84 Å². The fraction of sp³-hybridized carbons (Fsp3) is 0.417. The fourth-order valence-electron chi connectivity index (χ4n) is 1.67. The number of rotatable bonds is 7. The van der Waals surface area contributed by atoms with Gasteiger partial charge >= 0.3 is 5.69 Å². The number of hydrogen-bond acceptors (Lipinski definition) is 5. The molecule has 8 heteroatoms. The van der Waals surface area contributed by atoms with Gasteiger partial charge in [0.2, 0.25) is 0 Å². The maximum absolute atomic E-state index is 11.0. The van der Waals surface area contributed by atoms with Crippen LogP contribution in [-0.4, -0.2) is 22.6 Å². The molecule has 0 saturated heterocycles. The minimum Gasteiger partial charge on any atom is -0.487 e. The SMILES string of the molecule is Cc1cc(Br)cc([N+](=O)[O-])c1OCCCCC(N)=NO. The van der Waals surface area contributed by atoms with E-state index in [9.17, 15) is 10.1 Å². The molecule has 3 N–H and O–H groups in total. The number of benzene rings is 1. The average molecular weight is 346 g/mol. The van der Waals surface area contributed by atoms with Crippen LogP contribution < -0.4 is 10.5 Å². The first-order valence-corrected chi connectivity index (χ1v) is 6.78. The molecule has 0 spiro atoms. The Hall–Kier alpha value is -1.83. The summed E-state index contributed by atoms with van der Waals surface area (Å²) in [6.07, 6.45) is 1.80. The van der Waals surface area contributed by atoms with Crippen LogP contribution in [-0.2, 0) is 0 Å². The molecule has 0 heterocycles. The third kappa shape index (κ3) is 4.69. The van der Waals surface area contributed by atoms with Gasteiger partial charge in [0.25, 0.3) is 0 Å². The second-order valence-corrected chi connectivity index (χ2v) is 5.14. The lowest BCUT2D eigenvalue weighted by molar-refractivity contribution is -0.386. The number of nitro benzene ring substituents is 1. The van der Waals surface area contributed by atoms with E-state index in [-0.39, 0.29) is 17.3 Å². The quantitative estimate of drug-likeness (QED) is 0.197. The van der Waals surface area contributed by atoms with Gasteiger partial charge in [-0.05, 0) is 31.4 Å². The zero-order chi connectivity index (χ0) is 15.1. The highest BCUT2D eigenvalue weighted by atomic mass is 79.9. The van der Waals surface area contributed by atoms with E-state index in [0.717, 1.165) is 0 Å². The maximum atomic E-state index is 11.0. The Morgan fingerprint density at radius 3 is 2.85 bits per heavy atom. The van der Waals surface area contributed by atoms with Crippen molar-refractivity contribution in [2.24, 2.45) is 10.9 Å². The predicted molar refractivity (Wildman–Crippen MR) is 78.3 cm³/mol. The summed E-state index contributed by atoms with van der Waals surface area (Å²) in [6.45, 7) is 2.09. The van der Waals surface area contributed by atoms with Gasteiger partial charge in [0.15, 0.2) is 5.75 Å². The number of nitrogens with zero attached hydrogens (tertiary/aromatic N) is 2. The highest BCUT2D eigenvalue weighted by Crippen LogP contribution is 2.34. The molecule has 0 unspecified atom stereocenters. The average Bonchev–Trinajstić information content (AvgIpc) is 2.39. The van der Waals surface area contributed by atoms with E-state index < -0.39 is 4.92 Å². The molecular formula is C12H16BrN3O4. The van der Waals surface area contributed by atoms with Crippen molar-refractivity contribution < 1.29 is 14.9 Å². The van der Waals surface area contributed by atoms with Gasteiger partial charge in [-0.3, -0.25) is 10.1 Å². The number of hydrogen-bond donors (Lipinski definition) is 2. The van der Waals surface area contributed by atoms with E-state index in [0.29, 0.717) is 35.9 Å². The van der Waals surface area contributed by atoms with Gasteiger partial charge in [-0.1, -0.05) is 21.1 Å². The van der Waals surface area contributed by atoms with Gasteiger partial charge in [-0.15, -0.1) is 0 Å². The molecule has 0 radical (unpaired) electrons. The first-order valence-electron chi connectivity index (χ1n) is 5.99. The Balaban J connectivity index is 2.62. The molecule has 0 aromatic heterocycles. The lowest BCUT2D eigenvalue weighted by atomic mass is 10.2. The number of oxime groups is 1. The van der Waals surface area contributed by atoms with Crippen molar-refractivity contribution in [3.05, 3.63) is 32.3 Å². The standard InChI is InChI=1S/C12H16BrN3O4/c1-8-6-9(13)7-10(16(18)19)12(8)20-5-3-2-4-11(14)15-17/h6-7,17H,2-5H2,1H3,(H2,14,15). The monoisotopic (exact) mass is 345 g/mol. The minimum atomic E-state index is -0.469. The summed E-state index contributed by atoms with van der Waals surface area (Å²) < 4.78 is 6.13.